The smallest absolute Gasteiger partial charge is 0.0584 e. The van der Waals surface area contributed by atoms with E-state index in [2.05, 4.69) is 43.0 Å². The van der Waals surface area contributed by atoms with Crippen LogP contribution in [0.25, 0.3) is 0 Å². The predicted octanol–water partition coefficient (Wildman–Crippen LogP) is 2.67. The summed E-state index contributed by atoms with van der Waals surface area (Å²) in [6.07, 6.45) is 2.66. The summed E-state index contributed by atoms with van der Waals surface area (Å²) >= 11 is 0. The second-order valence-corrected chi connectivity index (χ2v) is 5.73. The number of nitrogens with zero attached hydrogens (tertiary/aromatic N) is 1. The van der Waals surface area contributed by atoms with Crippen LogP contribution in [0.2, 0.25) is 0 Å². The zero-order valence-corrected chi connectivity index (χ0v) is 10.9. The predicted molar refractivity (Wildman–Crippen MR) is 70.7 cm³/mol. The number of hydrogen-bond donors (Lipinski definition) is 1. The largest absolute Gasteiger partial charge is 0.395 e. The van der Waals surface area contributed by atoms with Gasteiger partial charge in [-0.1, -0.05) is 37.3 Å². The molecule has 0 bridgehead atoms. The van der Waals surface area contributed by atoms with Crippen LogP contribution in [0.4, 0.5) is 0 Å². The van der Waals surface area contributed by atoms with Gasteiger partial charge in [-0.3, -0.25) is 4.90 Å². The second-order valence-electron chi connectivity index (χ2n) is 5.73. The monoisotopic (exact) mass is 233 g/mol. The van der Waals surface area contributed by atoms with Crippen LogP contribution in [0.3, 0.4) is 0 Å². The van der Waals surface area contributed by atoms with E-state index in [1.807, 2.05) is 6.07 Å². The summed E-state index contributed by atoms with van der Waals surface area (Å²) < 4.78 is 0. The molecule has 0 saturated heterocycles. The summed E-state index contributed by atoms with van der Waals surface area (Å²) in [7, 11) is 0. The molecule has 1 N–H and O–H groups in total. The van der Waals surface area contributed by atoms with E-state index in [0.717, 1.165) is 13.1 Å². The van der Waals surface area contributed by atoms with Crippen molar-refractivity contribution in [3.8, 4) is 0 Å². The highest BCUT2D eigenvalue weighted by molar-refractivity contribution is 5.14. The molecule has 1 aromatic carbocycles. The third-order valence-corrected chi connectivity index (χ3v) is 3.80. The molecule has 1 aromatic rings. The standard InChI is InChI=1S/C15H23NO/c1-13(11-17)16(12-15(2)8-9-15)10-14-6-4-3-5-7-14/h3-7,13,17H,8-12H2,1-2H3/t13-/m0/s1. The second kappa shape index (κ2) is 5.19. The van der Waals surface area contributed by atoms with Gasteiger partial charge in [0.2, 0.25) is 0 Å². The third-order valence-electron chi connectivity index (χ3n) is 3.80. The minimum absolute atomic E-state index is 0.239. The van der Waals surface area contributed by atoms with Crippen molar-refractivity contribution in [3.63, 3.8) is 0 Å². The van der Waals surface area contributed by atoms with Crippen molar-refractivity contribution in [2.75, 3.05) is 13.2 Å². The van der Waals surface area contributed by atoms with Gasteiger partial charge < -0.3 is 5.11 Å². The molecule has 1 fully saturated rings. The molecule has 0 radical (unpaired) electrons. The highest BCUT2D eigenvalue weighted by Crippen LogP contribution is 2.45. The van der Waals surface area contributed by atoms with Crippen molar-refractivity contribution in [1.29, 1.82) is 0 Å². The van der Waals surface area contributed by atoms with Crippen molar-refractivity contribution >= 4 is 0 Å². The molecule has 0 spiro atoms. The molecule has 1 aliphatic carbocycles. The maximum absolute atomic E-state index is 9.36. The molecule has 0 unspecified atom stereocenters. The molecule has 0 heterocycles. The molecular weight excluding hydrogens is 210 g/mol. The van der Waals surface area contributed by atoms with Crippen LogP contribution in [-0.4, -0.2) is 29.2 Å². The van der Waals surface area contributed by atoms with Gasteiger partial charge in [-0.25, -0.2) is 0 Å². The topological polar surface area (TPSA) is 23.5 Å². The normalized spacial score (nSPS) is 19.3. The van der Waals surface area contributed by atoms with Crippen molar-refractivity contribution in [1.82, 2.24) is 4.90 Å². The van der Waals surface area contributed by atoms with Crippen molar-refractivity contribution in [2.24, 2.45) is 5.41 Å². The Morgan fingerprint density at radius 3 is 2.47 bits per heavy atom. The zero-order chi connectivity index (χ0) is 12.3. The zero-order valence-electron chi connectivity index (χ0n) is 10.9. The molecule has 2 nitrogen and oxygen atoms in total. The Hall–Kier alpha value is -0.860. The molecule has 17 heavy (non-hydrogen) atoms. The maximum Gasteiger partial charge on any atom is 0.0584 e. The first kappa shape index (κ1) is 12.6. The molecule has 2 rings (SSSR count). The number of rotatable bonds is 6. The van der Waals surface area contributed by atoms with E-state index in [-0.39, 0.29) is 12.6 Å². The van der Waals surface area contributed by atoms with Crippen molar-refractivity contribution in [3.05, 3.63) is 35.9 Å². The SMILES string of the molecule is C[C@@H](CO)N(Cc1ccccc1)CC1(C)CC1. The van der Waals surface area contributed by atoms with E-state index in [0.29, 0.717) is 5.41 Å². The molecular formula is C15H23NO. The Kier molecular flexibility index (Phi) is 3.85. The van der Waals surface area contributed by atoms with Crippen molar-refractivity contribution < 1.29 is 5.11 Å². The van der Waals surface area contributed by atoms with E-state index >= 15 is 0 Å². The van der Waals surface area contributed by atoms with Crippen LogP contribution in [0, 0.1) is 5.41 Å². The lowest BCUT2D eigenvalue weighted by atomic mass is 10.1. The van der Waals surface area contributed by atoms with Crippen LogP contribution in [-0.2, 0) is 6.54 Å². The highest BCUT2D eigenvalue weighted by Gasteiger charge is 2.39. The number of benzene rings is 1. The van der Waals surface area contributed by atoms with Gasteiger partial charge in [0.05, 0.1) is 6.61 Å². The molecule has 2 heteroatoms. The Morgan fingerprint density at radius 2 is 1.94 bits per heavy atom. The van der Waals surface area contributed by atoms with Gasteiger partial charge in [0.1, 0.15) is 0 Å². The van der Waals surface area contributed by atoms with Crippen LogP contribution < -0.4 is 0 Å². The summed E-state index contributed by atoms with van der Waals surface area (Å²) in [5.41, 5.74) is 1.83. The van der Waals surface area contributed by atoms with E-state index < -0.39 is 0 Å². The summed E-state index contributed by atoms with van der Waals surface area (Å²) in [6, 6.07) is 10.8. The van der Waals surface area contributed by atoms with Gasteiger partial charge in [-0.15, -0.1) is 0 Å². The molecule has 0 aromatic heterocycles. The summed E-state index contributed by atoms with van der Waals surface area (Å²) in [5.74, 6) is 0. The fourth-order valence-electron chi connectivity index (χ4n) is 2.16. The summed E-state index contributed by atoms with van der Waals surface area (Å²) in [6.45, 7) is 6.73. The quantitative estimate of drug-likeness (QED) is 0.816. The minimum Gasteiger partial charge on any atom is -0.395 e. The van der Waals surface area contributed by atoms with Gasteiger partial charge in [-0.05, 0) is 30.7 Å². The first-order chi connectivity index (χ1) is 8.13. The lowest BCUT2D eigenvalue weighted by molar-refractivity contribution is 0.109. The fourth-order valence-corrected chi connectivity index (χ4v) is 2.16. The van der Waals surface area contributed by atoms with Crippen LogP contribution in [0.1, 0.15) is 32.3 Å². The molecule has 1 atom stereocenters. The first-order valence-corrected chi connectivity index (χ1v) is 6.52. The maximum atomic E-state index is 9.36. The number of hydrogen-bond acceptors (Lipinski definition) is 2. The van der Waals surface area contributed by atoms with E-state index in [4.69, 9.17) is 0 Å². The van der Waals surface area contributed by atoms with Gasteiger partial charge in [0, 0.05) is 19.1 Å². The highest BCUT2D eigenvalue weighted by atomic mass is 16.3. The summed E-state index contributed by atoms with van der Waals surface area (Å²) in [4.78, 5) is 2.41. The molecule has 1 aliphatic rings. The van der Waals surface area contributed by atoms with Gasteiger partial charge >= 0.3 is 0 Å². The summed E-state index contributed by atoms with van der Waals surface area (Å²) in [5, 5.41) is 9.36. The fraction of sp³-hybridized carbons (Fsp3) is 0.600. The van der Waals surface area contributed by atoms with Crippen molar-refractivity contribution in [2.45, 2.75) is 39.3 Å². The third kappa shape index (κ3) is 3.55. The molecule has 0 amide bonds. The Balaban J connectivity index is 2.00. The van der Waals surface area contributed by atoms with Crippen LogP contribution in [0.5, 0.6) is 0 Å². The Bertz CT molecular complexity index is 345. The number of aliphatic hydroxyl groups is 1. The lowest BCUT2D eigenvalue weighted by Crippen LogP contribution is -2.38. The Morgan fingerprint density at radius 1 is 1.29 bits per heavy atom. The first-order valence-electron chi connectivity index (χ1n) is 6.52. The van der Waals surface area contributed by atoms with Gasteiger partial charge in [0.15, 0.2) is 0 Å². The minimum atomic E-state index is 0.239. The number of aliphatic hydroxyl groups excluding tert-OH is 1. The Labute approximate surface area is 104 Å². The van der Waals surface area contributed by atoms with E-state index in [1.165, 1.54) is 18.4 Å². The molecule has 94 valence electrons. The van der Waals surface area contributed by atoms with E-state index in [1.54, 1.807) is 0 Å². The molecule has 0 aliphatic heterocycles. The average Bonchev–Trinajstić information content (AvgIpc) is 3.06. The lowest BCUT2D eigenvalue weighted by Gasteiger charge is -2.30. The average molecular weight is 233 g/mol. The van der Waals surface area contributed by atoms with Crippen LogP contribution >= 0.6 is 0 Å². The van der Waals surface area contributed by atoms with Gasteiger partial charge in [-0.2, -0.15) is 0 Å². The van der Waals surface area contributed by atoms with Crippen LogP contribution in [0.15, 0.2) is 30.3 Å². The van der Waals surface area contributed by atoms with Gasteiger partial charge in [0.25, 0.3) is 0 Å². The molecule has 1 saturated carbocycles. The van der Waals surface area contributed by atoms with E-state index in [9.17, 15) is 5.11 Å².